The lowest BCUT2D eigenvalue weighted by atomic mass is 9.95. The lowest BCUT2D eigenvalue weighted by Gasteiger charge is -2.20. The van der Waals surface area contributed by atoms with Crippen molar-refractivity contribution in [2.75, 3.05) is 7.11 Å². The lowest BCUT2D eigenvalue weighted by Crippen LogP contribution is -2.34. The van der Waals surface area contributed by atoms with E-state index in [9.17, 15) is 4.39 Å². The van der Waals surface area contributed by atoms with E-state index in [0.29, 0.717) is 22.2 Å². The number of halogens is 2. The van der Waals surface area contributed by atoms with Crippen LogP contribution in [0.4, 0.5) is 4.39 Å². The van der Waals surface area contributed by atoms with Crippen LogP contribution in [-0.4, -0.2) is 12.6 Å². The van der Waals surface area contributed by atoms with Crippen LogP contribution < -0.4 is 10.5 Å². The summed E-state index contributed by atoms with van der Waals surface area (Å²) in [4.78, 5) is 0. The first-order chi connectivity index (χ1) is 6.83. The van der Waals surface area contributed by atoms with Crippen LogP contribution in [0.3, 0.4) is 0 Å². The van der Waals surface area contributed by atoms with Crippen LogP contribution in [-0.2, 0) is 6.42 Å². The van der Waals surface area contributed by atoms with Gasteiger partial charge in [-0.2, -0.15) is 0 Å². The van der Waals surface area contributed by atoms with Gasteiger partial charge in [0.25, 0.3) is 0 Å². The molecule has 2 nitrogen and oxygen atoms in total. The van der Waals surface area contributed by atoms with E-state index in [1.165, 1.54) is 13.2 Å². The minimum absolute atomic E-state index is 0.292. The van der Waals surface area contributed by atoms with Gasteiger partial charge < -0.3 is 10.5 Å². The van der Waals surface area contributed by atoms with Crippen molar-refractivity contribution in [1.82, 2.24) is 0 Å². The molecule has 15 heavy (non-hydrogen) atoms. The maximum Gasteiger partial charge on any atom is 0.131 e. The fourth-order valence-corrected chi connectivity index (χ4v) is 1.80. The van der Waals surface area contributed by atoms with E-state index in [-0.39, 0.29) is 5.82 Å². The third-order valence-corrected chi connectivity index (χ3v) is 2.43. The van der Waals surface area contributed by atoms with Gasteiger partial charge in [-0.25, -0.2) is 4.39 Å². The summed E-state index contributed by atoms with van der Waals surface area (Å²) >= 11 is 3.22. The molecular weight excluding hydrogens is 261 g/mol. The SMILES string of the molecule is COc1cc(Br)cc(F)c1CC(C)(C)N. The zero-order valence-corrected chi connectivity index (χ0v) is 10.7. The Bertz CT molecular complexity index is 360. The largest absolute Gasteiger partial charge is 0.496 e. The van der Waals surface area contributed by atoms with Crippen LogP contribution in [0.25, 0.3) is 0 Å². The second-order valence-electron chi connectivity index (χ2n) is 4.23. The molecule has 0 aliphatic heterocycles. The second kappa shape index (κ2) is 4.49. The standard InChI is InChI=1S/C11H15BrFNO/c1-11(2,14)6-8-9(13)4-7(12)5-10(8)15-3/h4-5H,6,14H2,1-3H3. The zero-order chi connectivity index (χ0) is 11.6. The summed E-state index contributed by atoms with van der Waals surface area (Å²) in [6.07, 6.45) is 0.440. The Morgan fingerprint density at radius 3 is 2.53 bits per heavy atom. The second-order valence-corrected chi connectivity index (χ2v) is 5.15. The molecule has 0 saturated heterocycles. The Labute approximate surface area is 97.7 Å². The van der Waals surface area contributed by atoms with Crippen molar-refractivity contribution in [1.29, 1.82) is 0 Å². The average molecular weight is 276 g/mol. The van der Waals surface area contributed by atoms with Crippen molar-refractivity contribution in [3.8, 4) is 5.75 Å². The predicted molar refractivity (Wildman–Crippen MR) is 62.6 cm³/mol. The highest BCUT2D eigenvalue weighted by Crippen LogP contribution is 2.29. The number of methoxy groups -OCH3 is 1. The highest BCUT2D eigenvalue weighted by molar-refractivity contribution is 9.10. The van der Waals surface area contributed by atoms with Crippen LogP contribution in [0.2, 0.25) is 0 Å². The summed E-state index contributed by atoms with van der Waals surface area (Å²) < 4.78 is 19.5. The molecule has 0 aliphatic carbocycles. The molecule has 0 bridgehead atoms. The van der Waals surface area contributed by atoms with Crippen molar-refractivity contribution in [3.05, 3.63) is 28.0 Å². The number of ether oxygens (including phenoxy) is 1. The quantitative estimate of drug-likeness (QED) is 0.921. The fraction of sp³-hybridized carbons (Fsp3) is 0.455. The molecule has 0 atom stereocenters. The first-order valence-electron chi connectivity index (χ1n) is 4.64. The van der Waals surface area contributed by atoms with E-state index in [0.717, 1.165) is 0 Å². The third-order valence-electron chi connectivity index (χ3n) is 1.97. The normalized spacial score (nSPS) is 11.6. The number of rotatable bonds is 3. The molecular formula is C11H15BrFNO. The van der Waals surface area contributed by atoms with Gasteiger partial charge in [0.05, 0.1) is 7.11 Å². The molecule has 1 aromatic rings. The van der Waals surface area contributed by atoms with Gasteiger partial charge in [0.15, 0.2) is 0 Å². The number of nitrogens with two attached hydrogens (primary N) is 1. The van der Waals surface area contributed by atoms with Crippen molar-refractivity contribution in [2.24, 2.45) is 5.73 Å². The number of benzene rings is 1. The van der Waals surface area contributed by atoms with E-state index in [2.05, 4.69) is 15.9 Å². The van der Waals surface area contributed by atoms with Gasteiger partial charge in [-0.15, -0.1) is 0 Å². The van der Waals surface area contributed by atoms with Crippen LogP contribution in [0.15, 0.2) is 16.6 Å². The summed E-state index contributed by atoms with van der Waals surface area (Å²) in [5.74, 6) is 0.236. The molecule has 2 N–H and O–H groups in total. The van der Waals surface area contributed by atoms with Crippen molar-refractivity contribution >= 4 is 15.9 Å². The molecule has 84 valence electrons. The van der Waals surface area contributed by atoms with E-state index in [1.54, 1.807) is 6.07 Å². The molecule has 0 heterocycles. The molecule has 0 radical (unpaired) electrons. The van der Waals surface area contributed by atoms with Gasteiger partial charge in [0, 0.05) is 15.6 Å². The average Bonchev–Trinajstić information content (AvgIpc) is 2.07. The summed E-state index contributed by atoms with van der Waals surface area (Å²) in [6, 6.07) is 3.16. The summed E-state index contributed by atoms with van der Waals surface area (Å²) in [6.45, 7) is 3.71. The van der Waals surface area contributed by atoms with Gasteiger partial charge in [-0.05, 0) is 32.4 Å². The highest BCUT2D eigenvalue weighted by Gasteiger charge is 2.19. The first-order valence-corrected chi connectivity index (χ1v) is 5.43. The fourth-order valence-electron chi connectivity index (χ4n) is 1.39. The van der Waals surface area contributed by atoms with Gasteiger partial charge in [0.2, 0.25) is 0 Å². The Morgan fingerprint density at radius 2 is 2.07 bits per heavy atom. The van der Waals surface area contributed by atoms with Crippen LogP contribution in [0.1, 0.15) is 19.4 Å². The molecule has 4 heteroatoms. The molecule has 1 rings (SSSR count). The molecule has 1 aromatic carbocycles. The van der Waals surface area contributed by atoms with E-state index in [4.69, 9.17) is 10.5 Å². The molecule has 0 spiro atoms. The lowest BCUT2D eigenvalue weighted by molar-refractivity contribution is 0.394. The van der Waals surface area contributed by atoms with E-state index < -0.39 is 5.54 Å². The minimum atomic E-state index is -0.456. The molecule has 0 amide bonds. The van der Waals surface area contributed by atoms with Gasteiger partial charge in [0.1, 0.15) is 11.6 Å². The van der Waals surface area contributed by atoms with Crippen LogP contribution in [0.5, 0.6) is 5.75 Å². The van der Waals surface area contributed by atoms with Gasteiger partial charge in [-0.1, -0.05) is 15.9 Å². The first kappa shape index (κ1) is 12.5. The minimum Gasteiger partial charge on any atom is -0.496 e. The van der Waals surface area contributed by atoms with Gasteiger partial charge >= 0.3 is 0 Å². The Balaban J connectivity index is 3.15. The van der Waals surface area contributed by atoms with Crippen molar-refractivity contribution < 1.29 is 9.13 Å². The summed E-state index contributed by atoms with van der Waals surface area (Å²) in [5.41, 5.74) is 5.93. The zero-order valence-electron chi connectivity index (χ0n) is 9.10. The molecule has 0 aromatic heterocycles. The smallest absolute Gasteiger partial charge is 0.131 e. The van der Waals surface area contributed by atoms with Crippen molar-refractivity contribution in [3.63, 3.8) is 0 Å². The molecule has 0 fully saturated rings. The molecule has 0 aliphatic rings. The van der Waals surface area contributed by atoms with Crippen LogP contribution >= 0.6 is 15.9 Å². The maximum absolute atomic E-state index is 13.7. The van der Waals surface area contributed by atoms with E-state index >= 15 is 0 Å². The Hall–Kier alpha value is -0.610. The monoisotopic (exact) mass is 275 g/mol. The molecule has 0 unspecified atom stereocenters. The Morgan fingerprint density at radius 1 is 1.47 bits per heavy atom. The van der Waals surface area contributed by atoms with E-state index in [1.807, 2.05) is 13.8 Å². The van der Waals surface area contributed by atoms with Gasteiger partial charge in [-0.3, -0.25) is 0 Å². The molecule has 0 saturated carbocycles. The third kappa shape index (κ3) is 3.47. The predicted octanol–water partition coefficient (Wildman–Crippen LogP) is 2.88. The highest BCUT2D eigenvalue weighted by atomic mass is 79.9. The summed E-state index contributed by atoms with van der Waals surface area (Å²) in [7, 11) is 1.52. The van der Waals surface area contributed by atoms with Crippen LogP contribution in [0, 0.1) is 5.82 Å². The summed E-state index contributed by atoms with van der Waals surface area (Å²) in [5, 5.41) is 0. The topological polar surface area (TPSA) is 35.2 Å². The Kier molecular flexibility index (Phi) is 3.73. The number of hydrogen-bond donors (Lipinski definition) is 1. The number of hydrogen-bond acceptors (Lipinski definition) is 2. The maximum atomic E-state index is 13.7. The van der Waals surface area contributed by atoms with Crippen molar-refractivity contribution in [2.45, 2.75) is 25.8 Å².